The molecule has 1 aliphatic rings. The Bertz CT molecular complexity index is 374. The number of anilines is 2. The Kier molecular flexibility index (Phi) is 3.23. The normalized spacial score (nSPS) is 17.4. The van der Waals surface area contributed by atoms with Crippen LogP contribution in [-0.4, -0.2) is 39.3 Å². The maximum absolute atomic E-state index is 11.9. The minimum absolute atomic E-state index is 0.117. The van der Waals surface area contributed by atoms with E-state index in [4.69, 9.17) is 5.73 Å². The number of nitrogens with one attached hydrogen (secondary N) is 1. The molecule has 0 bridgehead atoms. The number of likely N-dealkylation sites (tertiary alicyclic amines) is 1. The molecule has 0 saturated carbocycles. The SMILES string of the molecule is CC(Nc1nc(N)ns1)C(=O)N1CCCC1. The fraction of sp³-hybridized carbons (Fsp3) is 0.667. The topological polar surface area (TPSA) is 84.1 Å². The van der Waals surface area contributed by atoms with Gasteiger partial charge in [0.2, 0.25) is 17.0 Å². The highest BCUT2D eigenvalue weighted by Crippen LogP contribution is 2.15. The van der Waals surface area contributed by atoms with Crippen LogP contribution in [0.25, 0.3) is 0 Å². The van der Waals surface area contributed by atoms with Crippen molar-refractivity contribution in [3.63, 3.8) is 0 Å². The highest BCUT2D eigenvalue weighted by molar-refractivity contribution is 7.09. The Hall–Kier alpha value is -1.37. The van der Waals surface area contributed by atoms with Crippen molar-refractivity contribution in [1.29, 1.82) is 0 Å². The first-order chi connectivity index (χ1) is 7.66. The number of amides is 1. The Morgan fingerprint density at radius 1 is 1.56 bits per heavy atom. The molecule has 0 aliphatic carbocycles. The smallest absolute Gasteiger partial charge is 0.244 e. The van der Waals surface area contributed by atoms with Crippen molar-refractivity contribution in [2.45, 2.75) is 25.8 Å². The molecule has 1 saturated heterocycles. The second-order valence-corrected chi connectivity index (χ2v) is 4.61. The summed E-state index contributed by atoms with van der Waals surface area (Å²) in [5, 5.41) is 3.61. The third-order valence-corrected chi connectivity index (χ3v) is 3.23. The number of nitrogens with zero attached hydrogens (tertiary/aromatic N) is 3. The van der Waals surface area contributed by atoms with E-state index in [0.717, 1.165) is 25.9 Å². The van der Waals surface area contributed by atoms with Crippen LogP contribution in [0.15, 0.2) is 0 Å². The van der Waals surface area contributed by atoms with Gasteiger partial charge in [-0.15, -0.1) is 0 Å². The minimum Gasteiger partial charge on any atom is -0.367 e. The van der Waals surface area contributed by atoms with E-state index in [1.807, 2.05) is 11.8 Å². The van der Waals surface area contributed by atoms with E-state index in [1.54, 1.807) is 0 Å². The van der Waals surface area contributed by atoms with Gasteiger partial charge < -0.3 is 16.0 Å². The van der Waals surface area contributed by atoms with Gasteiger partial charge in [0.15, 0.2) is 0 Å². The van der Waals surface area contributed by atoms with Crippen molar-refractivity contribution in [3.8, 4) is 0 Å². The van der Waals surface area contributed by atoms with Gasteiger partial charge in [-0.05, 0) is 19.8 Å². The number of aromatic nitrogens is 2. The summed E-state index contributed by atoms with van der Waals surface area (Å²) < 4.78 is 3.85. The number of hydrogen-bond donors (Lipinski definition) is 2. The molecule has 1 unspecified atom stereocenters. The molecule has 0 spiro atoms. The molecule has 1 atom stereocenters. The molecule has 1 aromatic rings. The molecule has 1 amide bonds. The first-order valence-corrected chi connectivity index (χ1v) is 6.08. The van der Waals surface area contributed by atoms with Crippen LogP contribution < -0.4 is 11.1 Å². The Morgan fingerprint density at radius 2 is 2.25 bits per heavy atom. The molecule has 1 fully saturated rings. The number of carbonyl (C=O) groups is 1. The van der Waals surface area contributed by atoms with Gasteiger partial charge in [0.05, 0.1) is 0 Å². The quantitative estimate of drug-likeness (QED) is 0.807. The molecule has 16 heavy (non-hydrogen) atoms. The fourth-order valence-corrected chi connectivity index (χ4v) is 2.34. The van der Waals surface area contributed by atoms with E-state index in [0.29, 0.717) is 5.13 Å². The second-order valence-electron chi connectivity index (χ2n) is 3.86. The number of nitrogens with two attached hydrogens (primary N) is 1. The molecule has 88 valence electrons. The lowest BCUT2D eigenvalue weighted by atomic mass is 10.3. The van der Waals surface area contributed by atoms with Gasteiger partial charge in [0.25, 0.3) is 0 Å². The average molecular weight is 241 g/mol. The van der Waals surface area contributed by atoms with Gasteiger partial charge in [-0.25, -0.2) is 0 Å². The van der Waals surface area contributed by atoms with E-state index < -0.39 is 0 Å². The van der Waals surface area contributed by atoms with Crippen LogP contribution in [0.4, 0.5) is 11.1 Å². The zero-order valence-corrected chi connectivity index (χ0v) is 9.96. The summed E-state index contributed by atoms with van der Waals surface area (Å²) in [7, 11) is 0. The summed E-state index contributed by atoms with van der Waals surface area (Å²) in [6.45, 7) is 3.56. The van der Waals surface area contributed by atoms with Crippen LogP contribution in [0.2, 0.25) is 0 Å². The highest BCUT2D eigenvalue weighted by atomic mass is 32.1. The molecular formula is C9H15N5OS. The minimum atomic E-state index is -0.273. The van der Waals surface area contributed by atoms with Crippen molar-refractivity contribution in [2.75, 3.05) is 24.1 Å². The van der Waals surface area contributed by atoms with Crippen molar-refractivity contribution < 1.29 is 4.79 Å². The molecule has 0 radical (unpaired) electrons. The molecule has 6 nitrogen and oxygen atoms in total. The number of rotatable bonds is 3. The second kappa shape index (κ2) is 4.65. The summed E-state index contributed by atoms with van der Waals surface area (Å²) >= 11 is 1.17. The van der Waals surface area contributed by atoms with Gasteiger partial charge in [-0.2, -0.15) is 9.36 Å². The standard InChI is InChI=1S/C9H15N5OS/c1-6(7(15)14-4-2-3-5-14)11-9-12-8(10)13-16-9/h6H,2-5H2,1H3,(H3,10,11,12,13). The van der Waals surface area contributed by atoms with E-state index >= 15 is 0 Å². The molecule has 7 heteroatoms. The van der Waals surface area contributed by atoms with Crippen LogP contribution >= 0.6 is 11.5 Å². The number of carbonyl (C=O) groups excluding carboxylic acids is 1. The summed E-state index contributed by atoms with van der Waals surface area (Å²) in [4.78, 5) is 17.8. The first-order valence-electron chi connectivity index (χ1n) is 5.31. The Morgan fingerprint density at radius 3 is 2.81 bits per heavy atom. The van der Waals surface area contributed by atoms with Gasteiger partial charge in [0, 0.05) is 24.6 Å². The van der Waals surface area contributed by atoms with Crippen LogP contribution in [-0.2, 0) is 4.79 Å². The molecule has 0 aromatic carbocycles. The van der Waals surface area contributed by atoms with Gasteiger partial charge in [-0.1, -0.05) is 0 Å². The largest absolute Gasteiger partial charge is 0.367 e. The number of hydrogen-bond acceptors (Lipinski definition) is 6. The van der Waals surface area contributed by atoms with Crippen LogP contribution in [0.5, 0.6) is 0 Å². The molecule has 1 aliphatic heterocycles. The zero-order valence-electron chi connectivity index (χ0n) is 9.14. The Labute approximate surface area is 98.0 Å². The Balaban J connectivity index is 1.91. The van der Waals surface area contributed by atoms with E-state index in [2.05, 4.69) is 14.7 Å². The first kappa shape index (κ1) is 11.1. The third kappa shape index (κ3) is 2.41. The third-order valence-electron chi connectivity index (χ3n) is 2.57. The van der Waals surface area contributed by atoms with Crippen molar-refractivity contribution in [1.82, 2.24) is 14.3 Å². The van der Waals surface area contributed by atoms with Gasteiger partial charge >= 0.3 is 0 Å². The van der Waals surface area contributed by atoms with Crippen LogP contribution in [0, 0.1) is 0 Å². The lowest BCUT2D eigenvalue weighted by Crippen LogP contribution is -2.39. The van der Waals surface area contributed by atoms with Gasteiger partial charge in [-0.3, -0.25) is 4.79 Å². The highest BCUT2D eigenvalue weighted by Gasteiger charge is 2.23. The maximum Gasteiger partial charge on any atom is 0.244 e. The predicted octanol–water partition coefficient (Wildman–Crippen LogP) is 0.543. The van der Waals surface area contributed by atoms with E-state index in [9.17, 15) is 4.79 Å². The average Bonchev–Trinajstić information content (AvgIpc) is 2.88. The fourth-order valence-electron chi connectivity index (χ4n) is 1.75. The summed E-state index contributed by atoms with van der Waals surface area (Å²) in [6, 6.07) is -0.273. The molecule has 2 heterocycles. The molecular weight excluding hydrogens is 226 g/mol. The summed E-state index contributed by atoms with van der Waals surface area (Å²) in [5.41, 5.74) is 5.41. The predicted molar refractivity (Wildman–Crippen MR) is 63.2 cm³/mol. The molecule has 1 aromatic heterocycles. The summed E-state index contributed by atoms with van der Waals surface area (Å²) in [6.07, 6.45) is 2.20. The van der Waals surface area contributed by atoms with E-state index in [-0.39, 0.29) is 17.9 Å². The maximum atomic E-state index is 11.9. The van der Waals surface area contributed by atoms with Crippen LogP contribution in [0.1, 0.15) is 19.8 Å². The summed E-state index contributed by atoms with van der Waals surface area (Å²) in [5.74, 6) is 0.361. The number of nitrogen functional groups attached to an aromatic ring is 1. The van der Waals surface area contributed by atoms with Crippen molar-refractivity contribution in [3.05, 3.63) is 0 Å². The molecule has 3 N–H and O–H groups in total. The van der Waals surface area contributed by atoms with E-state index in [1.165, 1.54) is 11.5 Å². The lowest BCUT2D eigenvalue weighted by molar-refractivity contribution is -0.130. The zero-order chi connectivity index (χ0) is 11.5. The molecule has 2 rings (SSSR count). The van der Waals surface area contributed by atoms with Gasteiger partial charge in [0.1, 0.15) is 6.04 Å². The van der Waals surface area contributed by atoms with Crippen molar-refractivity contribution in [2.24, 2.45) is 0 Å². The lowest BCUT2D eigenvalue weighted by Gasteiger charge is -2.20. The van der Waals surface area contributed by atoms with Crippen molar-refractivity contribution >= 4 is 28.5 Å². The van der Waals surface area contributed by atoms with Crippen LogP contribution in [0.3, 0.4) is 0 Å². The monoisotopic (exact) mass is 241 g/mol.